The third-order valence-electron chi connectivity index (χ3n) is 5.83. The monoisotopic (exact) mass is 669 g/mol. The first-order chi connectivity index (χ1) is 21.3. The standard InChI is InChI=1S/C22H31N7O3.2C2HF3O2/c1-3-32-18(30)10-11-25-21(31)20-26-15-9-8-13(2)12-14(15)19(29-20)27-16-6-4-5-7-17(16)28-22(23)24;2*3-2(4,5)1(6)7/h8-9,12,16-17H,3-7,10-11H2,1-2H3,(H,25,31)(H4,23,24,28)(H,26,27,29);2*(H,6,7). The summed E-state index contributed by atoms with van der Waals surface area (Å²) in [4.78, 5) is 55.3. The number of carbonyl (C=O) groups is 4. The van der Waals surface area contributed by atoms with Gasteiger partial charge in [-0.2, -0.15) is 26.3 Å². The summed E-state index contributed by atoms with van der Waals surface area (Å²) in [5.74, 6) is -5.68. The number of aliphatic carboxylic acids is 2. The molecule has 8 N–H and O–H groups in total. The predicted octanol–water partition coefficient (Wildman–Crippen LogP) is 2.88. The van der Waals surface area contributed by atoms with E-state index in [0.29, 0.717) is 17.9 Å². The van der Waals surface area contributed by atoms with Gasteiger partial charge in [-0.05, 0) is 38.8 Å². The first kappa shape index (κ1) is 39.1. The molecule has 1 aromatic carbocycles. The van der Waals surface area contributed by atoms with Crippen LogP contribution in [0.5, 0.6) is 0 Å². The first-order valence-electron chi connectivity index (χ1n) is 13.4. The lowest BCUT2D eigenvalue weighted by atomic mass is 9.90. The number of nitrogens with two attached hydrogens (primary N) is 2. The number of fused-ring (bicyclic) bond motifs is 1. The van der Waals surface area contributed by atoms with Crippen LogP contribution in [0.2, 0.25) is 0 Å². The Morgan fingerprint density at radius 3 is 2.09 bits per heavy atom. The Balaban J connectivity index is 0.000000629. The van der Waals surface area contributed by atoms with Crippen LogP contribution < -0.4 is 22.1 Å². The number of alkyl halides is 6. The van der Waals surface area contributed by atoms with Crippen molar-refractivity contribution >= 4 is 46.5 Å². The van der Waals surface area contributed by atoms with E-state index in [4.69, 9.17) is 36.0 Å². The number of guanidine groups is 1. The highest BCUT2D eigenvalue weighted by atomic mass is 19.4. The fourth-order valence-corrected chi connectivity index (χ4v) is 3.85. The number of benzene rings is 1. The van der Waals surface area contributed by atoms with Crippen molar-refractivity contribution in [1.29, 1.82) is 0 Å². The van der Waals surface area contributed by atoms with Gasteiger partial charge < -0.3 is 37.1 Å². The minimum atomic E-state index is -5.08. The van der Waals surface area contributed by atoms with Gasteiger partial charge in [-0.15, -0.1) is 0 Å². The number of aryl methyl sites for hydroxylation is 1. The van der Waals surface area contributed by atoms with Crippen molar-refractivity contribution in [2.45, 2.75) is 70.4 Å². The third kappa shape index (κ3) is 13.8. The number of nitrogens with one attached hydrogen (secondary N) is 2. The molecule has 1 saturated carbocycles. The number of ether oxygens (including phenoxy) is 1. The number of aromatic nitrogens is 2. The van der Waals surface area contributed by atoms with Crippen molar-refractivity contribution in [3.8, 4) is 0 Å². The molecule has 0 saturated heterocycles. The number of anilines is 1. The second kappa shape index (κ2) is 17.5. The molecule has 2 aromatic rings. The van der Waals surface area contributed by atoms with Gasteiger partial charge in [0.1, 0.15) is 5.82 Å². The van der Waals surface area contributed by atoms with E-state index in [1.54, 1.807) is 6.92 Å². The number of nitrogens with zero attached hydrogens (tertiary/aromatic N) is 3. The second-order valence-electron chi connectivity index (χ2n) is 9.49. The van der Waals surface area contributed by atoms with Crippen LogP contribution in [0.15, 0.2) is 23.2 Å². The zero-order valence-electron chi connectivity index (χ0n) is 24.5. The van der Waals surface area contributed by atoms with Gasteiger partial charge in [0.05, 0.1) is 30.6 Å². The van der Waals surface area contributed by atoms with Gasteiger partial charge in [0.15, 0.2) is 5.96 Å². The molecule has 0 bridgehead atoms. The van der Waals surface area contributed by atoms with E-state index in [1.807, 2.05) is 25.1 Å². The molecule has 1 aromatic heterocycles. The minimum Gasteiger partial charge on any atom is -0.475 e. The molecule has 14 nitrogen and oxygen atoms in total. The zero-order chi connectivity index (χ0) is 35.2. The van der Waals surface area contributed by atoms with Gasteiger partial charge in [-0.1, -0.05) is 24.5 Å². The summed E-state index contributed by atoms with van der Waals surface area (Å²) in [6, 6.07) is 5.71. The average Bonchev–Trinajstić information content (AvgIpc) is 2.93. The normalized spacial score (nSPS) is 16.0. The van der Waals surface area contributed by atoms with Crippen LogP contribution in [0.4, 0.5) is 32.2 Å². The Labute approximate surface area is 257 Å². The lowest BCUT2D eigenvalue weighted by Crippen LogP contribution is -2.38. The maximum absolute atomic E-state index is 12.7. The van der Waals surface area contributed by atoms with E-state index in [1.165, 1.54) is 0 Å². The second-order valence-corrected chi connectivity index (χ2v) is 9.49. The zero-order valence-corrected chi connectivity index (χ0v) is 24.5. The largest absolute Gasteiger partial charge is 0.490 e. The van der Waals surface area contributed by atoms with Gasteiger partial charge in [0.2, 0.25) is 5.82 Å². The molecular formula is C26H33F6N7O7. The van der Waals surface area contributed by atoms with Gasteiger partial charge in [0, 0.05) is 11.9 Å². The minimum absolute atomic E-state index is 0.0100. The molecule has 1 fully saturated rings. The molecule has 20 heteroatoms. The molecule has 1 amide bonds. The summed E-state index contributed by atoms with van der Waals surface area (Å²) >= 11 is 0. The summed E-state index contributed by atoms with van der Waals surface area (Å²) in [6.45, 7) is 4.17. The van der Waals surface area contributed by atoms with Crippen molar-refractivity contribution in [2.75, 3.05) is 18.5 Å². The predicted molar refractivity (Wildman–Crippen MR) is 151 cm³/mol. The maximum Gasteiger partial charge on any atom is 0.490 e. The highest BCUT2D eigenvalue weighted by molar-refractivity contribution is 5.96. The summed E-state index contributed by atoms with van der Waals surface area (Å²) in [5, 5.41) is 21.2. The highest BCUT2D eigenvalue weighted by Gasteiger charge is 2.39. The fourth-order valence-electron chi connectivity index (χ4n) is 3.85. The van der Waals surface area contributed by atoms with Crippen LogP contribution in [-0.2, 0) is 19.1 Å². The number of halogens is 6. The summed E-state index contributed by atoms with van der Waals surface area (Å²) in [7, 11) is 0. The number of carbonyl (C=O) groups excluding carboxylic acids is 2. The number of hydrogen-bond donors (Lipinski definition) is 6. The Morgan fingerprint density at radius 2 is 1.57 bits per heavy atom. The van der Waals surface area contributed by atoms with Crippen LogP contribution in [-0.4, -0.2) is 87.5 Å². The van der Waals surface area contributed by atoms with Gasteiger partial charge in [-0.25, -0.2) is 24.5 Å². The Hall–Kier alpha value is -4.91. The Morgan fingerprint density at radius 1 is 1.00 bits per heavy atom. The molecule has 0 radical (unpaired) electrons. The summed E-state index contributed by atoms with van der Waals surface area (Å²) in [5.41, 5.74) is 13.0. The lowest BCUT2D eigenvalue weighted by Gasteiger charge is -2.30. The van der Waals surface area contributed by atoms with Gasteiger partial charge >= 0.3 is 30.3 Å². The van der Waals surface area contributed by atoms with E-state index in [-0.39, 0.29) is 42.8 Å². The number of carboxylic acids is 2. The molecule has 1 aliphatic rings. The Kier molecular flexibility index (Phi) is 14.9. The molecule has 1 heterocycles. The number of carboxylic acid groups (broad SMARTS) is 2. The van der Waals surface area contributed by atoms with Gasteiger partial charge in [0.25, 0.3) is 5.91 Å². The van der Waals surface area contributed by atoms with Crippen LogP contribution in [0.3, 0.4) is 0 Å². The molecule has 2 atom stereocenters. The molecular weight excluding hydrogens is 636 g/mol. The molecule has 3 rings (SSSR count). The third-order valence-corrected chi connectivity index (χ3v) is 5.83. The number of hydrogen-bond acceptors (Lipinski definition) is 9. The maximum atomic E-state index is 12.7. The van der Waals surface area contributed by atoms with E-state index >= 15 is 0 Å². The SMILES string of the molecule is CCOC(=O)CCNC(=O)c1nc(NC2CCCCC2N=C(N)N)c2cc(C)ccc2n1.O=C(O)C(F)(F)F.O=C(O)C(F)(F)F. The van der Waals surface area contributed by atoms with Gasteiger partial charge in [-0.3, -0.25) is 9.59 Å². The van der Waals surface area contributed by atoms with E-state index < -0.39 is 30.2 Å². The van der Waals surface area contributed by atoms with Crippen LogP contribution in [0, 0.1) is 6.92 Å². The fraction of sp³-hybridized carbons (Fsp3) is 0.500. The van der Waals surface area contributed by atoms with Crippen molar-refractivity contribution in [3.63, 3.8) is 0 Å². The lowest BCUT2D eigenvalue weighted by molar-refractivity contribution is -0.193. The molecule has 2 unspecified atom stereocenters. The number of amides is 1. The van der Waals surface area contributed by atoms with E-state index in [9.17, 15) is 35.9 Å². The number of aliphatic imine (C=N–C) groups is 1. The molecule has 0 aliphatic heterocycles. The first-order valence-corrected chi connectivity index (χ1v) is 13.4. The van der Waals surface area contributed by atoms with E-state index in [0.717, 1.165) is 36.6 Å². The van der Waals surface area contributed by atoms with Crippen LogP contribution in [0.25, 0.3) is 10.9 Å². The van der Waals surface area contributed by atoms with Crippen LogP contribution in [0.1, 0.15) is 55.2 Å². The quantitative estimate of drug-likeness (QED) is 0.103. The molecule has 1 aliphatic carbocycles. The van der Waals surface area contributed by atoms with Crippen LogP contribution >= 0.6 is 0 Å². The Bertz CT molecular complexity index is 1380. The van der Waals surface area contributed by atoms with E-state index in [2.05, 4.69) is 25.6 Å². The molecule has 46 heavy (non-hydrogen) atoms. The average molecular weight is 670 g/mol. The smallest absolute Gasteiger partial charge is 0.475 e. The molecule has 0 spiro atoms. The number of esters is 1. The highest BCUT2D eigenvalue weighted by Crippen LogP contribution is 2.28. The van der Waals surface area contributed by atoms with Crippen molar-refractivity contribution in [3.05, 3.63) is 29.6 Å². The summed E-state index contributed by atoms with van der Waals surface area (Å²) in [6.07, 6.45) is -6.22. The number of rotatable bonds is 8. The van der Waals surface area contributed by atoms with Crippen molar-refractivity contribution in [2.24, 2.45) is 16.5 Å². The topological polar surface area (TPSA) is 232 Å². The van der Waals surface area contributed by atoms with Crippen molar-refractivity contribution < 1.29 is 60.5 Å². The summed E-state index contributed by atoms with van der Waals surface area (Å²) < 4.78 is 68.4. The molecule has 256 valence electrons. The van der Waals surface area contributed by atoms with Crippen molar-refractivity contribution in [1.82, 2.24) is 15.3 Å².